The van der Waals surface area contributed by atoms with Gasteiger partial charge in [-0.2, -0.15) is 0 Å². The van der Waals surface area contributed by atoms with E-state index in [0.717, 1.165) is 17.4 Å². The number of nitrogens with one attached hydrogen (secondary N) is 1. The number of benzene rings is 2. The predicted molar refractivity (Wildman–Crippen MR) is 156 cm³/mol. The standard InChI is InChI=1S/C28H39Cl2N3O4S/c1-8-24(27(35)31-28(4,5)6)32(18-21-13-14-22(29)17-23(21)30)26(34)10-9-15-33(38(7,36)37)25-16-19(2)11-12-20(25)3/h11-14,16-17,24H,8-10,15,18H2,1-7H3,(H,31,35). The zero-order valence-electron chi connectivity index (χ0n) is 23.3. The summed E-state index contributed by atoms with van der Waals surface area (Å²) >= 11 is 12.5. The molecular formula is C28H39Cl2N3O4S. The maximum atomic E-state index is 13.6. The zero-order chi connectivity index (χ0) is 28.8. The summed E-state index contributed by atoms with van der Waals surface area (Å²) in [4.78, 5) is 28.3. The summed E-state index contributed by atoms with van der Waals surface area (Å²) in [6.45, 7) is 11.5. The van der Waals surface area contributed by atoms with Crippen molar-refractivity contribution in [1.29, 1.82) is 0 Å². The molecular weight excluding hydrogens is 545 g/mol. The van der Waals surface area contributed by atoms with Gasteiger partial charge in [0.1, 0.15) is 6.04 Å². The molecule has 0 bridgehead atoms. The number of aryl methyl sites for hydroxylation is 2. The van der Waals surface area contributed by atoms with Gasteiger partial charge in [-0.25, -0.2) is 8.42 Å². The van der Waals surface area contributed by atoms with E-state index in [9.17, 15) is 18.0 Å². The Kier molecular flexibility index (Phi) is 11.1. The molecule has 0 saturated heterocycles. The molecule has 2 rings (SSSR count). The van der Waals surface area contributed by atoms with E-state index in [4.69, 9.17) is 23.2 Å². The number of hydrogen-bond acceptors (Lipinski definition) is 4. The number of carbonyl (C=O) groups is 2. The molecule has 0 aliphatic rings. The number of carbonyl (C=O) groups excluding carboxylic acids is 2. The summed E-state index contributed by atoms with van der Waals surface area (Å²) in [5.74, 6) is -0.520. The maximum absolute atomic E-state index is 13.6. The first-order chi connectivity index (χ1) is 17.5. The van der Waals surface area contributed by atoms with Crippen molar-refractivity contribution in [3.05, 3.63) is 63.1 Å². The number of anilines is 1. The third-order valence-corrected chi connectivity index (χ3v) is 7.79. The molecule has 0 radical (unpaired) electrons. The molecule has 2 aromatic carbocycles. The third-order valence-electron chi connectivity index (χ3n) is 6.03. The van der Waals surface area contributed by atoms with Crippen molar-refractivity contribution in [1.82, 2.24) is 10.2 Å². The summed E-state index contributed by atoms with van der Waals surface area (Å²) in [6, 6.07) is 9.95. The molecule has 2 amide bonds. The molecule has 0 saturated carbocycles. The minimum absolute atomic E-state index is 0.0569. The van der Waals surface area contributed by atoms with Crippen LogP contribution in [0.25, 0.3) is 0 Å². The minimum atomic E-state index is -3.57. The van der Waals surface area contributed by atoms with Gasteiger partial charge in [0.15, 0.2) is 0 Å². The Labute approximate surface area is 237 Å². The van der Waals surface area contributed by atoms with Crippen LogP contribution in [0.4, 0.5) is 5.69 Å². The summed E-state index contributed by atoms with van der Waals surface area (Å²) < 4.78 is 26.6. The average Bonchev–Trinajstić information content (AvgIpc) is 2.77. The molecule has 0 heterocycles. The third kappa shape index (κ3) is 9.17. The van der Waals surface area contributed by atoms with Gasteiger partial charge in [-0.05, 0) is 82.3 Å². The lowest BCUT2D eigenvalue weighted by Gasteiger charge is -2.33. The van der Waals surface area contributed by atoms with Gasteiger partial charge in [0, 0.05) is 35.1 Å². The van der Waals surface area contributed by atoms with Crippen molar-refractivity contribution >= 4 is 50.7 Å². The second-order valence-corrected chi connectivity index (χ2v) is 13.4. The highest BCUT2D eigenvalue weighted by Crippen LogP contribution is 2.26. The van der Waals surface area contributed by atoms with Gasteiger partial charge in [0.2, 0.25) is 21.8 Å². The highest BCUT2D eigenvalue weighted by molar-refractivity contribution is 7.92. The van der Waals surface area contributed by atoms with Crippen molar-refractivity contribution in [3.63, 3.8) is 0 Å². The molecule has 0 fully saturated rings. The molecule has 1 N–H and O–H groups in total. The van der Waals surface area contributed by atoms with E-state index in [2.05, 4.69) is 5.32 Å². The molecule has 38 heavy (non-hydrogen) atoms. The van der Waals surface area contributed by atoms with Crippen LogP contribution in [0.15, 0.2) is 36.4 Å². The van der Waals surface area contributed by atoms with E-state index < -0.39 is 21.6 Å². The van der Waals surface area contributed by atoms with Crippen LogP contribution >= 0.6 is 23.2 Å². The topological polar surface area (TPSA) is 86.8 Å². The van der Waals surface area contributed by atoms with Crippen molar-refractivity contribution in [2.75, 3.05) is 17.1 Å². The van der Waals surface area contributed by atoms with E-state index in [-0.39, 0.29) is 37.7 Å². The minimum Gasteiger partial charge on any atom is -0.350 e. The Balaban J connectivity index is 2.31. The molecule has 210 valence electrons. The van der Waals surface area contributed by atoms with Crippen molar-refractivity contribution < 1.29 is 18.0 Å². The Morgan fingerprint density at radius 1 is 1.05 bits per heavy atom. The van der Waals surface area contributed by atoms with Crippen LogP contribution in [0.2, 0.25) is 10.0 Å². The first-order valence-corrected chi connectivity index (χ1v) is 15.2. The fraction of sp³-hybridized carbons (Fsp3) is 0.500. The summed E-state index contributed by atoms with van der Waals surface area (Å²) in [7, 11) is -3.57. The van der Waals surface area contributed by atoms with Gasteiger partial charge in [0.25, 0.3) is 0 Å². The van der Waals surface area contributed by atoms with Crippen LogP contribution < -0.4 is 9.62 Å². The van der Waals surface area contributed by atoms with Gasteiger partial charge in [-0.15, -0.1) is 0 Å². The highest BCUT2D eigenvalue weighted by Gasteiger charge is 2.31. The molecule has 0 aliphatic heterocycles. The molecule has 10 heteroatoms. The predicted octanol–water partition coefficient (Wildman–Crippen LogP) is 5.88. The molecule has 0 aromatic heterocycles. The van der Waals surface area contributed by atoms with Crippen LogP contribution in [-0.2, 0) is 26.2 Å². The number of sulfonamides is 1. The van der Waals surface area contributed by atoms with Crippen LogP contribution in [0.1, 0.15) is 63.6 Å². The molecule has 1 atom stereocenters. The maximum Gasteiger partial charge on any atom is 0.243 e. The van der Waals surface area contributed by atoms with Gasteiger partial charge >= 0.3 is 0 Å². The van der Waals surface area contributed by atoms with Gasteiger partial charge in [-0.1, -0.05) is 48.3 Å². The van der Waals surface area contributed by atoms with E-state index >= 15 is 0 Å². The second-order valence-electron chi connectivity index (χ2n) is 10.6. The van der Waals surface area contributed by atoms with E-state index in [1.165, 1.54) is 9.21 Å². The van der Waals surface area contributed by atoms with Crippen LogP contribution in [-0.4, -0.2) is 49.5 Å². The normalized spacial score (nSPS) is 12.7. The lowest BCUT2D eigenvalue weighted by molar-refractivity contribution is -0.142. The Hall–Kier alpha value is -2.29. The van der Waals surface area contributed by atoms with Crippen LogP contribution in [0.5, 0.6) is 0 Å². The Bertz CT molecular complexity index is 1260. The quantitative estimate of drug-likeness (QED) is 0.358. The smallest absolute Gasteiger partial charge is 0.243 e. The zero-order valence-corrected chi connectivity index (χ0v) is 25.6. The molecule has 7 nitrogen and oxygen atoms in total. The summed E-state index contributed by atoms with van der Waals surface area (Å²) in [6.07, 6.45) is 1.90. The monoisotopic (exact) mass is 583 g/mol. The molecule has 0 aliphatic carbocycles. The first kappa shape index (κ1) is 31.9. The molecule has 0 spiro atoms. The number of rotatable bonds is 11. The van der Waals surface area contributed by atoms with Crippen LogP contribution in [0.3, 0.4) is 0 Å². The van der Waals surface area contributed by atoms with E-state index in [1.54, 1.807) is 18.2 Å². The summed E-state index contributed by atoms with van der Waals surface area (Å²) in [5, 5.41) is 3.84. The van der Waals surface area contributed by atoms with E-state index in [0.29, 0.717) is 27.7 Å². The number of amides is 2. The van der Waals surface area contributed by atoms with Crippen molar-refractivity contribution in [3.8, 4) is 0 Å². The fourth-order valence-electron chi connectivity index (χ4n) is 4.18. The van der Waals surface area contributed by atoms with Crippen molar-refractivity contribution in [2.45, 2.75) is 78.9 Å². The second kappa shape index (κ2) is 13.2. The molecule has 2 aromatic rings. The van der Waals surface area contributed by atoms with Crippen LogP contribution in [0, 0.1) is 13.8 Å². The van der Waals surface area contributed by atoms with Gasteiger partial charge in [0.05, 0.1) is 11.9 Å². The lowest BCUT2D eigenvalue weighted by atomic mass is 10.0. The van der Waals surface area contributed by atoms with E-state index in [1.807, 2.05) is 59.7 Å². The average molecular weight is 585 g/mol. The number of halogens is 2. The first-order valence-electron chi connectivity index (χ1n) is 12.6. The van der Waals surface area contributed by atoms with Crippen molar-refractivity contribution in [2.24, 2.45) is 0 Å². The number of nitrogens with zero attached hydrogens (tertiary/aromatic N) is 2. The fourth-order valence-corrected chi connectivity index (χ4v) is 5.66. The SMILES string of the molecule is CCC(C(=O)NC(C)(C)C)N(Cc1ccc(Cl)cc1Cl)C(=O)CCCN(c1cc(C)ccc1C)S(C)(=O)=O. The lowest BCUT2D eigenvalue weighted by Crippen LogP contribution is -2.53. The highest BCUT2D eigenvalue weighted by atomic mass is 35.5. The Morgan fingerprint density at radius 2 is 1.71 bits per heavy atom. The Morgan fingerprint density at radius 3 is 2.26 bits per heavy atom. The summed E-state index contributed by atoms with van der Waals surface area (Å²) in [5.41, 5.74) is 2.56. The van der Waals surface area contributed by atoms with Gasteiger partial charge in [-0.3, -0.25) is 13.9 Å². The largest absolute Gasteiger partial charge is 0.350 e. The number of hydrogen-bond donors (Lipinski definition) is 1. The molecule has 1 unspecified atom stereocenters. The van der Waals surface area contributed by atoms with Gasteiger partial charge < -0.3 is 10.2 Å².